The first-order valence-corrected chi connectivity index (χ1v) is 15.7. The van der Waals surface area contributed by atoms with Gasteiger partial charge in [-0.3, -0.25) is 14.3 Å². The monoisotopic (exact) mass is 714 g/mol. The van der Waals surface area contributed by atoms with Gasteiger partial charge in [-0.1, -0.05) is 28.1 Å². The highest BCUT2D eigenvalue weighted by Crippen LogP contribution is 2.31. The molecule has 11 nitrogen and oxygen atoms in total. The number of hydrogen-bond donors (Lipinski definition) is 5. The quantitative estimate of drug-likeness (QED) is 0.205. The van der Waals surface area contributed by atoms with Gasteiger partial charge in [-0.2, -0.15) is 13.2 Å². The molecule has 1 aliphatic rings. The van der Waals surface area contributed by atoms with Gasteiger partial charge in [0.25, 0.3) is 15.9 Å². The molecule has 3 aromatic rings. The number of nitrogens with one attached hydrogen (secondary N) is 4. The van der Waals surface area contributed by atoms with Gasteiger partial charge in [0, 0.05) is 16.6 Å². The smallest absolute Gasteiger partial charge is 0.475 e. The summed E-state index contributed by atoms with van der Waals surface area (Å²) < 4.78 is 67.1. The third-order valence-electron chi connectivity index (χ3n) is 6.30. The summed E-state index contributed by atoms with van der Waals surface area (Å²) in [7, 11) is -3.96. The second-order valence-corrected chi connectivity index (χ2v) is 12.3. The third kappa shape index (κ3) is 11.7. The van der Waals surface area contributed by atoms with Crippen molar-refractivity contribution in [2.24, 2.45) is 5.92 Å². The van der Waals surface area contributed by atoms with Gasteiger partial charge in [-0.15, -0.1) is 0 Å². The lowest BCUT2D eigenvalue weighted by Gasteiger charge is -2.22. The second kappa shape index (κ2) is 16.2. The molecule has 1 aliphatic heterocycles. The highest BCUT2D eigenvalue weighted by Gasteiger charge is 2.38. The Balaban J connectivity index is 0.000000707. The molecule has 4 rings (SSSR count). The van der Waals surface area contributed by atoms with E-state index in [4.69, 9.17) is 14.6 Å². The first-order chi connectivity index (χ1) is 21.2. The predicted molar refractivity (Wildman–Crippen MR) is 163 cm³/mol. The second-order valence-electron chi connectivity index (χ2n) is 9.67. The van der Waals surface area contributed by atoms with Crippen molar-refractivity contribution >= 4 is 49.4 Å². The maximum atomic E-state index is 13.0. The minimum absolute atomic E-state index is 0.0211. The Labute approximate surface area is 265 Å². The fraction of sp³-hybridized carbons (Fsp3) is 0.276. The molecule has 0 radical (unpaired) electrons. The van der Waals surface area contributed by atoms with Crippen LogP contribution in [-0.4, -0.2) is 63.7 Å². The molecule has 1 heterocycles. The molecule has 16 heteroatoms. The fourth-order valence-corrected chi connectivity index (χ4v) is 5.26. The summed E-state index contributed by atoms with van der Waals surface area (Å²) in [5.74, 6) is -2.15. The Bertz CT molecular complexity index is 1570. The summed E-state index contributed by atoms with van der Waals surface area (Å²) in [6.45, 7) is 2.34. The maximum Gasteiger partial charge on any atom is 0.490 e. The topological polar surface area (TPSA) is 163 Å². The van der Waals surface area contributed by atoms with Crippen LogP contribution in [0.2, 0.25) is 0 Å². The van der Waals surface area contributed by atoms with E-state index >= 15 is 0 Å². The van der Waals surface area contributed by atoms with Crippen LogP contribution in [0.15, 0.2) is 82.2 Å². The van der Waals surface area contributed by atoms with Crippen LogP contribution in [0.4, 0.5) is 18.9 Å². The molecule has 2 amide bonds. The van der Waals surface area contributed by atoms with E-state index in [-0.39, 0.29) is 28.6 Å². The molecular formula is C29H30BrF3N4O7S. The number of alkyl halides is 3. The Kier molecular flexibility index (Phi) is 12.8. The lowest BCUT2D eigenvalue weighted by Crippen LogP contribution is -2.40. The number of amides is 2. The van der Waals surface area contributed by atoms with Crippen LogP contribution < -0.4 is 25.4 Å². The van der Waals surface area contributed by atoms with Crippen molar-refractivity contribution in [3.05, 3.63) is 82.8 Å². The first kappa shape index (κ1) is 35.3. The van der Waals surface area contributed by atoms with Crippen LogP contribution in [-0.2, 0) is 19.6 Å². The van der Waals surface area contributed by atoms with Gasteiger partial charge in [0.15, 0.2) is 5.75 Å². The Hall–Kier alpha value is -4.15. The normalized spacial score (nSPS) is 13.5. The molecule has 0 aliphatic carbocycles. The zero-order valence-corrected chi connectivity index (χ0v) is 26.0. The number of benzene rings is 3. The van der Waals surface area contributed by atoms with Gasteiger partial charge in [0.05, 0.1) is 17.1 Å². The van der Waals surface area contributed by atoms with Gasteiger partial charge in [-0.25, -0.2) is 13.2 Å². The molecule has 1 saturated heterocycles. The minimum Gasteiger partial charge on any atom is -0.475 e. The number of carboxylic acids is 1. The Morgan fingerprint density at radius 3 is 2.13 bits per heavy atom. The van der Waals surface area contributed by atoms with Gasteiger partial charge >= 0.3 is 12.1 Å². The van der Waals surface area contributed by atoms with E-state index in [2.05, 4.69) is 36.6 Å². The van der Waals surface area contributed by atoms with Crippen LogP contribution >= 0.6 is 15.9 Å². The number of rotatable bonds is 10. The van der Waals surface area contributed by atoms with Crippen LogP contribution in [0.1, 0.15) is 23.2 Å². The number of halogens is 4. The molecule has 5 N–H and O–H groups in total. The molecule has 242 valence electrons. The van der Waals surface area contributed by atoms with E-state index in [0.717, 1.165) is 30.4 Å². The van der Waals surface area contributed by atoms with Crippen LogP contribution in [0.25, 0.3) is 0 Å². The molecule has 3 aromatic carbocycles. The van der Waals surface area contributed by atoms with Crippen molar-refractivity contribution in [3.8, 4) is 11.5 Å². The highest BCUT2D eigenvalue weighted by atomic mass is 79.9. The minimum atomic E-state index is -5.08. The van der Waals surface area contributed by atoms with Crippen LogP contribution in [0.3, 0.4) is 0 Å². The molecule has 0 spiro atoms. The number of piperidine rings is 1. The molecule has 1 fully saturated rings. The lowest BCUT2D eigenvalue weighted by atomic mass is 9.98. The number of para-hydroxylation sites is 2. The van der Waals surface area contributed by atoms with E-state index in [1.54, 1.807) is 36.4 Å². The predicted octanol–water partition coefficient (Wildman–Crippen LogP) is 4.52. The first-order valence-electron chi connectivity index (χ1n) is 13.5. The van der Waals surface area contributed by atoms with E-state index in [1.165, 1.54) is 24.3 Å². The van der Waals surface area contributed by atoms with Crippen molar-refractivity contribution in [1.82, 2.24) is 16.0 Å². The average molecular weight is 716 g/mol. The SMILES string of the molecule is O=C(CNC(=O)c1ccc(S(=O)(=O)Nc2ccccc2Oc2ccc(Br)cc2)cc1)NCC1CCNCC1.O=C(O)C(F)(F)F. The molecule has 0 aromatic heterocycles. The van der Waals surface area contributed by atoms with Gasteiger partial charge < -0.3 is 25.8 Å². The van der Waals surface area contributed by atoms with E-state index in [1.807, 2.05) is 12.1 Å². The summed E-state index contributed by atoms with van der Waals surface area (Å²) in [6.07, 6.45) is -3.05. The van der Waals surface area contributed by atoms with Crippen molar-refractivity contribution in [1.29, 1.82) is 0 Å². The number of anilines is 1. The lowest BCUT2D eigenvalue weighted by molar-refractivity contribution is -0.192. The van der Waals surface area contributed by atoms with E-state index in [0.29, 0.717) is 24.0 Å². The summed E-state index contributed by atoms with van der Waals surface area (Å²) in [4.78, 5) is 33.4. The maximum absolute atomic E-state index is 13.0. The highest BCUT2D eigenvalue weighted by molar-refractivity contribution is 9.10. The van der Waals surface area contributed by atoms with E-state index < -0.39 is 28.1 Å². The number of ether oxygens (including phenoxy) is 1. The molecule has 0 atom stereocenters. The summed E-state index contributed by atoms with van der Waals surface area (Å²) in [5.41, 5.74) is 0.516. The third-order valence-corrected chi connectivity index (χ3v) is 8.21. The Morgan fingerprint density at radius 1 is 0.933 bits per heavy atom. The summed E-state index contributed by atoms with van der Waals surface area (Å²) in [6, 6.07) is 19.4. The van der Waals surface area contributed by atoms with Crippen molar-refractivity contribution in [3.63, 3.8) is 0 Å². The molecule has 45 heavy (non-hydrogen) atoms. The number of hydrogen-bond acceptors (Lipinski definition) is 7. The van der Waals surface area contributed by atoms with Crippen LogP contribution in [0.5, 0.6) is 11.5 Å². The number of aliphatic carboxylic acids is 1. The molecule has 0 bridgehead atoms. The standard InChI is InChI=1S/C27H29BrN4O5S.C2HF3O2/c28-21-7-9-22(10-8-21)37-25-4-2-1-3-24(25)32-38(35,36)23-11-5-20(6-12-23)27(34)31-18-26(33)30-17-19-13-15-29-16-14-19;3-2(4,5)1(6)7/h1-12,19,29,32H,13-18H2,(H,30,33)(H,31,34);(H,6,7). The zero-order chi connectivity index (χ0) is 33.0. The van der Waals surface area contributed by atoms with Crippen molar-refractivity contribution in [2.45, 2.75) is 23.9 Å². The number of sulfonamides is 1. The molecule has 0 saturated carbocycles. The zero-order valence-electron chi connectivity index (χ0n) is 23.6. The van der Waals surface area contributed by atoms with Gasteiger partial charge in [0.1, 0.15) is 5.75 Å². The molecule has 0 unspecified atom stereocenters. The van der Waals surface area contributed by atoms with Crippen LogP contribution in [0, 0.1) is 5.92 Å². The average Bonchev–Trinajstić information content (AvgIpc) is 3.01. The number of carbonyl (C=O) groups excluding carboxylic acids is 2. The Morgan fingerprint density at radius 2 is 1.53 bits per heavy atom. The van der Waals surface area contributed by atoms with Crippen molar-refractivity contribution in [2.75, 3.05) is 30.9 Å². The van der Waals surface area contributed by atoms with Crippen molar-refractivity contribution < 1.29 is 45.8 Å². The summed E-state index contributed by atoms with van der Waals surface area (Å²) >= 11 is 3.37. The van der Waals surface area contributed by atoms with Gasteiger partial charge in [0.2, 0.25) is 5.91 Å². The van der Waals surface area contributed by atoms with Gasteiger partial charge in [-0.05, 0) is 92.5 Å². The van der Waals surface area contributed by atoms with E-state index in [9.17, 15) is 31.2 Å². The largest absolute Gasteiger partial charge is 0.490 e. The summed E-state index contributed by atoms with van der Waals surface area (Å²) in [5, 5.41) is 15.8. The number of carbonyl (C=O) groups is 3. The number of carboxylic acid groups (broad SMARTS) is 1. The molecular weight excluding hydrogens is 685 g/mol. The fourth-order valence-electron chi connectivity index (χ4n) is 3.93.